The van der Waals surface area contributed by atoms with Crippen LogP contribution in [-0.2, 0) is 4.79 Å². The Hall–Kier alpha value is -2.65. The molecule has 0 unspecified atom stereocenters. The number of rotatable bonds is 5. The molecule has 0 saturated heterocycles. The second-order valence-corrected chi connectivity index (χ2v) is 5.85. The van der Waals surface area contributed by atoms with E-state index in [1.807, 2.05) is 6.92 Å². The zero-order valence-corrected chi connectivity index (χ0v) is 13.6. The van der Waals surface area contributed by atoms with Gasteiger partial charge >= 0.3 is 0 Å². The maximum Gasteiger partial charge on any atom is 0.234 e. The smallest absolute Gasteiger partial charge is 0.234 e. The number of carbonyl (C=O) groups excluding carboxylic acids is 2. The van der Waals surface area contributed by atoms with E-state index in [0.29, 0.717) is 21.8 Å². The van der Waals surface area contributed by atoms with E-state index in [1.54, 1.807) is 36.4 Å². The summed E-state index contributed by atoms with van der Waals surface area (Å²) in [7, 11) is 0. The van der Waals surface area contributed by atoms with Gasteiger partial charge in [-0.25, -0.2) is 4.98 Å². The Labute approximate surface area is 138 Å². The predicted molar refractivity (Wildman–Crippen MR) is 89.5 cm³/mol. The Morgan fingerprint density at radius 1 is 1.22 bits per heavy atom. The molecular formula is C17H15N3O2S. The van der Waals surface area contributed by atoms with Gasteiger partial charge in [-0.2, -0.15) is 5.26 Å². The summed E-state index contributed by atoms with van der Waals surface area (Å²) in [5.74, 6) is -0.0645. The van der Waals surface area contributed by atoms with Crippen LogP contribution < -0.4 is 5.32 Å². The second-order valence-electron chi connectivity index (χ2n) is 4.89. The molecule has 0 spiro atoms. The predicted octanol–water partition coefficient (Wildman–Crippen LogP) is 3.20. The minimum Gasteiger partial charge on any atom is -0.325 e. The highest BCUT2D eigenvalue weighted by Crippen LogP contribution is 2.20. The van der Waals surface area contributed by atoms with Crippen molar-refractivity contribution in [3.63, 3.8) is 0 Å². The third-order valence-corrected chi connectivity index (χ3v) is 4.03. The summed E-state index contributed by atoms with van der Waals surface area (Å²) in [5.41, 5.74) is 2.48. The molecule has 6 heteroatoms. The molecule has 23 heavy (non-hydrogen) atoms. The number of pyridine rings is 1. The first-order valence-corrected chi connectivity index (χ1v) is 7.89. The number of aryl methyl sites for hydroxylation is 1. The van der Waals surface area contributed by atoms with Gasteiger partial charge in [0.1, 0.15) is 11.1 Å². The number of hydrogen-bond donors (Lipinski definition) is 1. The maximum atomic E-state index is 12.0. The van der Waals surface area contributed by atoms with E-state index in [-0.39, 0.29) is 17.4 Å². The summed E-state index contributed by atoms with van der Waals surface area (Å²) in [5, 5.41) is 12.3. The molecule has 0 bridgehead atoms. The van der Waals surface area contributed by atoms with Gasteiger partial charge in [0, 0.05) is 16.9 Å². The average Bonchev–Trinajstić information content (AvgIpc) is 2.53. The maximum absolute atomic E-state index is 12.0. The summed E-state index contributed by atoms with van der Waals surface area (Å²) in [6.45, 7) is 3.33. The molecule has 1 N–H and O–H groups in total. The van der Waals surface area contributed by atoms with Crippen molar-refractivity contribution in [3.8, 4) is 6.07 Å². The lowest BCUT2D eigenvalue weighted by molar-refractivity contribution is -0.113. The SMILES string of the molecule is CC(=O)c1ccc(NC(=O)CSc2nc(C)ccc2C#N)cc1. The Balaban J connectivity index is 1.97. The number of benzene rings is 1. The summed E-state index contributed by atoms with van der Waals surface area (Å²) in [6.07, 6.45) is 0. The van der Waals surface area contributed by atoms with Gasteiger partial charge in [-0.3, -0.25) is 9.59 Å². The van der Waals surface area contributed by atoms with Crippen LogP contribution in [0.1, 0.15) is 28.5 Å². The van der Waals surface area contributed by atoms with Crippen molar-refractivity contribution in [1.29, 1.82) is 5.26 Å². The Morgan fingerprint density at radius 3 is 2.52 bits per heavy atom. The van der Waals surface area contributed by atoms with Crippen LogP contribution in [0.2, 0.25) is 0 Å². The Morgan fingerprint density at radius 2 is 1.91 bits per heavy atom. The van der Waals surface area contributed by atoms with Crippen LogP contribution in [0, 0.1) is 18.3 Å². The van der Waals surface area contributed by atoms with Crippen LogP contribution in [0.15, 0.2) is 41.4 Å². The van der Waals surface area contributed by atoms with Crippen molar-refractivity contribution in [3.05, 3.63) is 53.2 Å². The van der Waals surface area contributed by atoms with Gasteiger partial charge in [0.05, 0.1) is 11.3 Å². The van der Waals surface area contributed by atoms with Crippen molar-refractivity contribution in [1.82, 2.24) is 4.98 Å². The molecule has 0 aliphatic carbocycles. The number of Topliss-reactive ketones (excluding diaryl/α,β-unsaturated/α-hetero) is 1. The van der Waals surface area contributed by atoms with Crippen molar-refractivity contribution in [2.75, 3.05) is 11.1 Å². The molecule has 0 fully saturated rings. The highest BCUT2D eigenvalue weighted by molar-refractivity contribution is 8.00. The minimum absolute atomic E-state index is 0.0204. The van der Waals surface area contributed by atoms with E-state index in [1.165, 1.54) is 18.7 Å². The lowest BCUT2D eigenvalue weighted by Gasteiger charge is -2.07. The first kappa shape index (κ1) is 16.7. The van der Waals surface area contributed by atoms with E-state index in [2.05, 4.69) is 16.4 Å². The van der Waals surface area contributed by atoms with Crippen LogP contribution in [0.5, 0.6) is 0 Å². The van der Waals surface area contributed by atoms with Gasteiger partial charge in [0.2, 0.25) is 5.91 Å². The number of amides is 1. The van der Waals surface area contributed by atoms with Crippen molar-refractivity contribution in [2.24, 2.45) is 0 Å². The molecule has 5 nitrogen and oxygen atoms in total. The number of carbonyl (C=O) groups is 2. The van der Waals surface area contributed by atoms with Crippen molar-refractivity contribution < 1.29 is 9.59 Å². The number of nitriles is 1. The fourth-order valence-electron chi connectivity index (χ4n) is 1.85. The van der Waals surface area contributed by atoms with Crippen LogP contribution in [0.25, 0.3) is 0 Å². The van der Waals surface area contributed by atoms with Gasteiger partial charge in [-0.15, -0.1) is 0 Å². The fourth-order valence-corrected chi connectivity index (χ4v) is 2.66. The second kappa shape index (κ2) is 7.56. The average molecular weight is 325 g/mol. The molecule has 2 rings (SSSR count). The number of aromatic nitrogens is 1. The summed E-state index contributed by atoms with van der Waals surface area (Å²) < 4.78 is 0. The van der Waals surface area contributed by atoms with E-state index in [0.717, 1.165) is 5.69 Å². The molecule has 0 aliphatic heterocycles. The molecule has 0 atom stereocenters. The Bertz CT molecular complexity index is 779. The first-order valence-electron chi connectivity index (χ1n) is 6.91. The van der Waals surface area contributed by atoms with Gasteiger partial charge in [0.15, 0.2) is 5.78 Å². The van der Waals surface area contributed by atoms with Gasteiger partial charge < -0.3 is 5.32 Å². The lowest BCUT2D eigenvalue weighted by atomic mass is 10.1. The van der Waals surface area contributed by atoms with Crippen LogP contribution in [0.4, 0.5) is 5.69 Å². The fraction of sp³-hybridized carbons (Fsp3) is 0.176. The lowest BCUT2D eigenvalue weighted by Crippen LogP contribution is -2.14. The monoisotopic (exact) mass is 325 g/mol. The van der Waals surface area contributed by atoms with Crippen molar-refractivity contribution >= 4 is 29.1 Å². The number of nitrogens with one attached hydrogen (secondary N) is 1. The van der Waals surface area contributed by atoms with Crippen LogP contribution in [-0.4, -0.2) is 22.4 Å². The normalized spacial score (nSPS) is 9.96. The molecule has 2 aromatic rings. The van der Waals surface area contributed by atoms with E-state index in [9.17, 15) is 9.59 Å². The molecule has 1 aromatic carbocycles. The zero-order chi connectivity index (χ0) is 16.8. The molecule has 1 amide bonds. The van der Waals surface area contributed by atoms with Gasteiger partial charge in [-0.05, 0) is 50.2 Å². The van der Waals surface area contributed by atoms with Crippen molar-refractivity contribution in [2.45, 2.75) is 18.9 Å². The van der Waals surface area contributed by atoms with Gasteiger partial charge in [-0.1, -0.05) is 11.8 Å². The first-order chi connectivity index (χ1) is 11.0. The number of nitrogens with zero attached hydrogens (tertiary/aromatic N) is 2. The van der Waals surface area contributed by atoms with Crippen LogP contribution in [0.3, 0.4) is 0 Å². The van der Waals surface area contributed by atoms with E-state index >= 15 is 0 Å². The molecule has 0 radical (unpaired) electrons. The third-order valence-electron chi connectivity index (χ3n) is 3.04. The highest BCUT2D eigenvalue weighted by atomic mass is 32.2. The van der Waals surface area contributed by atoms with Crippen LogP contribution >= 0.6 is 11.8 Å². The molecule has 0 saturated carbocycles. The molecule has 1 aromatic heterocycles. The summed E-state index contributed by atoms with van der Waals surface area (Å²) in [6, 6.07) is 12.2. The third kappa shape index (κ3) is 4.66. The number of ketones is 1. The minimum atomic E-state index is -0.197. The summed E-state index contributed by atoms with van der Waals surface area (Å²) in [4.78, 5) is 27.5. The molecular weight excluding hydrogens is 310 g/mol. The van der Waals surface area contributed by atoms with Gasteiger partial charge in [0.25, 0.3) is 0 Å². The van der Waals surface area contributed by atoms with E-state index in [4.69, 9.17) is 5.26 Å². The standard InChI is InChI=1S/C17H15N3O2S/c1-11-3-4-14(9-18)17(19-11)23-10-16(22)20-15-7-5-13(6-8-15)12(2)21/h3-8H,10H2,1-2H3,(H,20,22). The number of anilines is 1. The number of thioether (sulfide) groups is 1. The molecule has 116 valence electrons. The zero-order valence-electron chi connectivity index (χ0n) is 12.8. The largest absolute Gasteiger partial charge is 0.325 e. The summed E-state index contributed by atoms with van der Waals surface area (Å²) >= 11 is 1.22. The Kier molecular flexibility index (Phi) is 5.50. The molecule has 0 aliphatic rings. The topological polar surface area (TPSA) is 82.8 Å². The quantitative estimate of drug-likeness (QED) is 0.674. The highest BCUT2D eigenvalue weighted by Gasteiger charge is 2.09. The van der Waals surface area contributed by atoms with E-state index < -0.39 is 0 Å². The number of hydrogen-bond acceptors (Lipinski definition) is 5. The molecule has 1 heterocycles.